The molecule has 2 aliphatic rings. The van der Waals surface area contributed by atoms with Crippen LogP contribution in [0.5, 0.6) is 0 Å². The first-order valence-corrected chi connectivity index (χ1v) is 9.76. The Morgan fingerprint density at radius 1 is 1.17 bits per heavy atom. The van der Waals surface area contributed by atoms with Gasteiger partial charge in [-0.2, -0.15) is 0 Å². The minimum atomic E-state index is -0.811. The lowest BCUT2D eigenvalue weighted by molar-refractivity contribution is -0.209. The highest BCUT2D eigenvalue weighted by Crippen LogP contribution is 2.44. The third kappa shape index (κ3) is 3.24. The molecule has 0 N–H and O–H groups in total. The summed E-state index contributed by atoms with van der Waals surface area (Å²) in [6.07, 6.45) is 0.848. The third-order valence-electron chi connectivity index (χ3n) is 6.03. The van der Waals surface area contributed by atoms with E-state index in [9.17, 15) is 14.4 Å². The van der Waals surface area contributed by atoms with Crippen molar-refractivity contribution >= 4 is 17.8 Å². The van der Waals surface area contributed by atoms with Gasteiger partial charge in [0, 0.05) is 31.1 Å². The van der Waals surface area contributed by atoms with Crippen molar-refractivity contribution in [2.45, 2.75) is 24.8 Å². The van der Waals surface area contributed by atoms with Crippen LogP contribution in [0.15, 0.2) is 40.9 Å². The summed E-state index contributed by atoms with van der Waals surface area (Å²) in [5.74, 6) is -1.05. The van der Waals surface area contributed by atoms with Crippen LogP contribution in [0, 0.1) is 5.92 Å². The van der Waals surface area contributed by atoms with Gasteiger partial charge in [-0.1, -0.05) is 35.5 Å². The fourth-order valence-electron chi connectivity index (χ4n) is 4.49. The number of nitrogens with zero attached hydrogens (tertiary/aromatic N) is 3. The van der Waals surface area contributed by atoms with Crippen LogP contribution in [0.3, 0.4) is 0 Å². The molecular weight excluding hydrogens is 390 g/mol. The topological polar surface area (TPSA) is 102 Å². The fraction of sp³-hybridized carbons (Fsp3) is 0.429. The number of hydrogen-bond donors (Lipinski definition) is 0. The van der Waals surface area contributed by atoms with Crippen molar-refractivity contribution in [2.24, 2.45) is 5.92 Å². The molecule has 9 nitrogen and oxygen atoms in total. The summed E-state index contributed by atoms with van der Waals surface area (Å²) in [5.41, 5.74) is 0.248. The Bertz CT molecular complexity index is 947. The van der Waals surface area contributed by atoms with Crippen LogP contribution < -0.4 is 0 Å². The van der Waals surface area contributed by atoms with Gasteiger partial charge < -0.3 is 14.2 Å². The monoisotopic (exact) mass is 413 g/mol. The molecule has 0 bridgehead atoms. The van der Waals surface area contributed by atoms with Gasteiger partial charge in [-0.25, -0.2) is 5.06 Å². The van der Waals surface area contributed by atoms with Crippen LogP contribution in [-0.2, 0) is 19.2 Å². The molecule has 9 heteroatoms. The second-order valence-electron chi connectivity index (χ2n) is 7.49. The molecule has 4 rings (SSSR count). The number of hydrogen-bond acceptors (Lipinski definition) is 7. The summed E-state index contributed by atoms with van der Waals surface area (Å²) in [7, 11) is 2.72. The number of amides is 2. The van der Waals surface area contributed by atoms with Crippen molar-refractivity contribution in [3.63, 3.8) is 0 Å². The van der Waals surface area contributed by atoms with Gasteiger partial charge in [-0.3, -0.25) is 19.2 Å². The number of carbonyl (C=O) groups excluding carboxylic acids is 3. The van der Waals surface area contributed by atoms with Crippen LogP contribution in [0.1, 0.15) is 29.8 Å². The number of methoxy groups -OCH3 is 1. The van der Waals surface area contributed by atoms with Crippen LogP contribution in [0.4, 0.5) is 0 Å². The lowest BCUT2D eigenvalue weighted by atomic mass is 9.77. The van der Waals surface area contributed by atoms with E-state index in [1.165, 1.54) is 19.3 Å². The predicted molar refractivity (Wildman–Crippen MR) is 104 cm³/mol. The minimum Gasteiger partial charge on any atom is -0.469 e. The summed E-state index contributed by atoms with van der Waals surface area (Å²) < 4.78 is 10.3. The Kier molecular flexibility index (Phi) is 5.29. The zero-order valence-electron chi connectivity index (χ0n) is 16.9. The molecule has 1 aromatic carbocycles. The smallest absolute Gasteiger partial charge is 0.311 e. The highest BCUT2D eigenvalue weighted by molar-refractivity contribution is 5.93. The van der Waals surface area contributed by atoms with E-state index in [2.05, 4.69) is 5.16 Å². The molecule has 30 heavy (non-hydrogen) atoms. The first kappa shape index (κ1) is 20.1. The normalized spacial score (nSPS) is 20.6. The largest absolute Gasteiger partial charge is 0.469 e. The SMILES string of the molecule is COC(=O)C1CC(=O)N(OC)C12CCN(C(=O)c1cc(-c3ccccc3)on1)CC2. The summed E-state index contributed by atoms with van der Waals surface area (Å²) >= 11 is 0. The Morgan fingerprint density at radius 3 is 2.50 bits per heavy atom. The van der Waals surface area contributed by atoms with Crippen molar-refractivity contribution < 1.29 is 28.5 Å². The lowest BCUT2D eigenvalue weighted by Gasteiger charge is -2.45. The van der Waals surface area contributed by atoms with E-state index in [0.29, 0.717) is 31.7 Å². The molecule has 1 spiro atoms. The number of esters is 1. The molecule has 158 valence electrons. The molecule has 1 unspecified atom stereocenters. The third-order valence-corrected chi connectivity index (χ3v) is 6.03. The molecule has 0 radical (unpaired) electrons. The van der Waals surface area contributed by atoms with Gasteiger partial charge in [-0.05, 0) is 12.8 Å². The van der Waals surface area contributed by atoms with Crippen LogP contribution >= 0.6 is 0 Å². The molecule has 2 saturated heterocycles. The first-order valence-electron chi connectivity index (χ1n) is 9.76. The number of aromatic nitrogens is 1. The number of likely N-dealkylation sites (tertiary alicyclic amines) is 1. The number of hydroxylamine groups is 2. The van der Waals surface area contributed by atoms with Crippen molar-refractivity contribution in [1.29, 1.82) is 0 Å². The number of benzene rings is 1. The van der Waals surface area contributed by atoms with Crippen LogP contribution in [-0.4, -0.2) is 65.8 Å². The van der Waals surface area contributed by atoms with E-state index in [-0.39, 0.29) is 23.9 Å². The van der Waals surface area contributed by atoms with E-state index in [1.54, 1.807) is 11.0 Å². The Morgan fingerprint density at radius 2 is 1.87 bits per heavy atom. The van der Waals surface area contributed by atoms with Gasteiger partial charge in [0.2, 0.25) is 5.91 Å². The highest BCUT2D eigenvalue weighted by atomic mass is 16.7. The van der Waals surface area contributed by atoms with Crippen molar-refractivity contribution in [3.05, 3.63) is 42.1 Å². The minimum absolute atomic E-state index is 0.0399. The first-order chi connectivity index (χ1) is 14.5. The van der Waals surface area contributed by atoms with Crippen LogP contribution in [0.2, 0.25) is 0 Å². The lowest BCUT2D eigenvalue weighted by Crippen LogP contribution is -2.57. The average Bonchev–Trinajstić information content (AvgIpc) is 3.37. The zero-order valence-corrected chi connectivity index (χ0v) is 16.9. The van der Waals surface area contributed by atoms with Gasteiger partial charge in [0.05, 0.1) is 25.7 Å². The maximum absolute atomic E-state index is 12.9. The van der Waals surface area contributed by atoms with E-state index in [1.807, 2.05) is 30.3 Å². The van der Waals surface area contributed by atoms with Gasteiger partial charge in [0.1, 0.15) is 0 Å². The van der Waals surface area contributed by atoms with E-state index in [0.717, 1.165) is 5.56 Å². The number of carbonyl (C=O) groups is 3. The van der Waals surface area contributed by atoms with Crippen molar-refractivity contribution in [2.75, 3.05) is 27.3 Å². The quantitative estimate of drug-likeness (QED) is 0.706. The molecule has 1 atom stereocenters. The highest BCUT2D eigenvalue weighted by Gasteiger charge is 2.58. The van der Waals surface area contributed by atoms with E-state index < -0.39 is 17.4 Å². The number of ether oxygens (including phenoxy) is 1. The number of piperidine rings is 1. The number of rotatable bonds is 4. The van der Waals surface area contributed by atoms with E-state index >= 15 is 0 Å². The molecule has 2 fully saturated rings. The standard InChI is InChI=1S/C21H23N3O6/c1-28-20(27)15-12-18(25)24(29-2)21(15)8-10-23(11-9-21)19(26)16-13-17(30-22-16)14-6-4-3-5-7-14/h3-7,13,15H,8-12H2,1-2H3. The second kappa shape index (κ2) is 7.91. The molecular formula is C21H23N3O6. The maximum atomic E-state index is 12.9. The Balaban J connectivity index is 1.50. The van der Waals surface area contributed by atoms with Crippen LogP contribution in [0.25, 0.3) is 11.3 Å². The summed E-state index contributed by atoms with van der Waals surface area (Å²) in [6.45, 7) is 0.708. The second-order valence-corrected chi connectivity index (χ2v) is 7.49. The molecule has 2 aliphatic heterocycles. The molecule has 1 aromatic heterocycles. The predicted octanol–water partition coefficient (Wildman–Crippen LogP) is 1.90. The summed E-state index contributed by atoms with van der Waals surface area (Å²) in [5, 5.41) is 5.22. The van der Waals surface area contributed by atoms with Crippen molar-refractivity contribution in [3.8, 4) is 11.3 Å². The van der Waals surface area contributed by atoms with Gasteiger partial charge in [0.15, 0.2) is 11.5 Å². The average molecular weight is 413 g/mol. The molecule has 0 aliphatic carbocycles. The molecule has 3 heterocycles. The van der Waals surface area contributed by atoms with E-state index in [4.69, 9.17) is 14.1 Å². The Labute approximate surface area is 173 Å². The van der Waals surface area contributed by atoms with Gasteiger partial charge >= 0.3 is 5.97 Å². The fourth-order valence-corrected chi connectivity index (χ4v) is 4.49. The summed E-state index contributed by atoms with van der Waals surface area (Å²) in [6, 6.07) is 11.0. The summed E-state index contributed by atoms with van der Waals surface area (Å²) in [4.78, 5) is 44.6. The zero-order chi connectivity index (χ0) is 21.3. The maximum Gasteiger partial charge on any atom is 0.311 e. The molecule has 2 aromatic rings. The van der Waals surface area contributed by atoms with Gasteiger partial charge in [-0.15, -0.1) is 0 Å². The van der Waals surface area contributed by atoms with Crippen molar-refractivity contribution in [1.82, 2.24) is 15.1 Å². The van der Waals surface area contributed by atoms with Gasteiger partial charge in [0.25, 0.3) is 5.91 Å². The molecule has 2 amide bonds. The Hall–Kier alpha value is -3.20. The molecule has 0 saturated carbocycles.